The van der Waals surface area contributed by atoms with Crippen molar-refractivity contribution in [1.82, 2.24) is 15.1 Å². The Kier molecular flexibility index (Phi) is 4.25. The van der Waals surface area contributed by atoms with Gasteiger partial charge in [-0.05, 0) is 24.1 Å². The number of hydrogen-bond donors (Lipinski definition) is 1. The van der Waals surface area contributed by atoms with E-state index in [0.717, 1.165) is 5.56 Å². The molecule has 3 amide bonds. The van der Waals surface area contributed by atoms with Gasteiger partial charge in [-0.1, -0.05) is 30.7 Å². The lowest BCUT2D eigenvalue weighted by Crippen LogP contribution is -2.54. The number of nitrogens with one attached hydrogen (secondary N) is 1. The summed E-state index contributed by atoms with van der Waals surface area (Å²) in [5.41, 5.74) is 1.07. The second kappa shape index (κ2) is 6.16. The molecule has 5 nitrogen and oxygen atoms in total. The smallest absolute Gasteiger partial charge is 0.317 e. The number of fused-ring (bicyclic) bond motifs is 1. The van der Waals surface area contributed by atoms with Crippen LogP contribution in [0.25, 0.3) is 0 Å². The summed E-state index contributed by atoms with van der Waals surface area (Å²) in [4.78, 5) is 27.9. The Hall–Kier alpha value is -1.75. The molecule has 2 aliphatic rings. The Balaban J connectivity index is 1.60. The van der Waals surface area contributed by atoms with E-state index in [-0.39, 0.29) is 23.9 Å². The number of nitrogens with zero attached hydrogens (tertiary/aromatic N) is 2. The van der Waals surface area contributed by atoms with E-state index in [1.807, 2.05) is 41.0 Å². The lowest BCUT2D eigenvalue weighted by molar-refractivity contribution is -0.137. The van der Waals surface area contributed by atoms with E-state index in [9.17, 15) is 9.59 Å². The maximum Gasteiger partial charge on any atom is 0.317 e. The standard InChI is InChI=1S/C16H20ClN3O2/c1-11(7-12-3-2-4-13(17)8-12)15(21)19-5-6-20-14(10-19)9-18-16(20)22/h2-4,8,11,14H,5-7,9-10H2,1H3,(H,18,22)/t11-,14-/m0/s1. The van der Waals surface area contributed by atoms with Gasteiger partial charge in [0.15, 0.2) is 0 Å². The topological polar surface area (TPSA) is 52.7 Å². The molecule has 2 atom stereocenters. The zero-order valence-corrected chi connectivity index (χ0v) is 13.3. The van der Waals surface area contributed by atoms with Crippen LogP contribution in [0.5, 0.6) is 0 Å². The van der Waals surface area contributed by atoms with Crippen LogP contribution in [0.1, 0.15) is 12.5 Å². The normalized spacial score (nSPS) is 22.3. The fraction of sp³-hybridized carbons (Fsp3) is 0.500. The molecule has 2 heterocycles. The Morgan fingerprint density at radius 3 is 3.05 bits per heavy atom. The maximum absolute atomic E-state index is 12.6. The molecule has 2 aliphatic heterocycles. The zero-order chi connectivity index (χ0) is 15.7. The Labute approximate surface area is 135 Å². The molecule has 118 valence electrons. The van der Waals surface area contributed by atoms with Crippen molar-refractivity contribution in [2.24, 2.45) is 5.92 Å². The van der Waals surface area contributed by atoms with Crippen LogP contribution >= 0.6 is 11.6 Å². The molecule has 2 saturated heterocycles. The zero-order valence-electron chi connectivity index (χ0n) is 12.6. The van der Waals surface area contributed by atoms with E-state index >= 15 is 0 Å². The first-order chi connectivity index (χ1) is 10.5. The van der Waals surface area contributed by atoms with E-state index in [0.29, 0.717) is 37.6 Å². The van der Waals surface area contributed by atoms with Gasteiger partial charge >= 0.3 is 6.03 Å². The second-order valence-electron chi connectivity index (χ2n) is 6.05. The van der Waals surface area contributed by atoms with Crippen molar-refractivity contribution in [3.8, 4) is 0 Å². The SMILES string of the molecule is C[C@@H](Cc1cccc(Cl)c1)C(=O)N1CCN2C(=O)NC[C@H]2C1. The summed E-state index contributed by atoms with van der Waals surface area (Å²) in [7, 11) is 0. The second-order valence-corrected chi connectivity index (χ2v) is 6.49. The third-order valence-electron chi connectivity index (χ3n) is 4.40. The highest BCUT2D eigenvalue weighted by molar-refractivity contribution is 6.30. The van der Waals surface area contributed by atoms with Crippen LogP contribution in [0.2, 0.25) is 5.02 Å². The molecule has 2 fully saturated rings. The van der Waals surface area contributed by atoms with E-state index in [1.165, 1.54) is 0 Å². The van der Waals surface area contributed by atoms with Crippen molar-refractivity contribution in [2.75, 3.05) is 26.2 Å². The third-order valence-corrected chi connectivity index (χ3v) is 4.63. The predicted molar refractivity (Wildman–Crippen MR) is 84.8 cm³/mol. The summed E-state index contributed by atoms with van der Waals surface area (Å²) in [6.07, 6.45) is 0.682. The fourth-order valence-corrected chi connectivity index (χ4v) is 3.43. The van der Waals surface area contributed by atoms with Crippen molar-refractivity contribution in [1.29, 1.82) is 0 Å². The van der Waals surface area contributed by atoms with Gasteiger partial charge in [-0.25, -0.2) is 4.79 Å². The molecule has 1 aromatic rings. The first-order valence-electron chi connectivity index (χ1n) is 7.62. The molecule has 0 radical (unpaired) electrons. The van der Waals surface area contributed by atoms with E-state index in [2.05, 4.69) is 5.32 Å². The van der Waals surface area contributed by atoms with Crippen molar-refractivity contribution in [3.63, 3.8) is 0 Å². The van der Waals surface area contributed by atoms with Crippen molar-refractivity contribution in [2.45, 2.75) is 19.4 Å². The molecule has 22 heavy (non-hydrogen) atoms. The first kappa shape index (κ1) is 15.2. The summed E-state index contributed by atoms with van der Waals surface area (Å²) >= 11 is 5.99. The monoisotopic (exact) mass is 321 g/mol. The molecule has 0 aliphatic carbocycles. The number of benzene rings is 1. The average molecular weight is 322 g/mol. The minimum absolute atomic E-state index is 0.0101. The number of piperazine rings is 1. The van der Waals surface area contributed by atoms with Crippen LogP contribution in [0, 0.1) is 5.92 Å². The molecule has 0 unspecified atom stereocenters. The quantitative estimate of drug-likeness (QED) is 0.922. The van der Waals surface area contributed by atoms with Gasteiger partial charge in [-0.2, -0.15) is 0 Å². The maximum atomic E-state index is 12.6. The minimum atomic E-state index is -0.0879. The van der Waals surface area contributed by atoms with Crippen LogP contribution in [0.15, 0.2) is 24.3 Å². The van der Waals surface area contributed by atoms with E-state index in [1.54, 1.807) is 0 Å². The number of carbonyl (C=O) groups is 2. The van der Waals surface area contributed by atoms with Crippen LogP contribution in [0.3, 0.4) is 0 Å². The fourth-order valence-electron chi connectivity index (χ4n) is 3.22. The lowest BCUT2D eigenvalue weighted by atomic mass is 9.99. The molecule has 6 heteroatoms. The van der Waals surface area contributed by atoms with E-state index in [4.69, 9.17) is 11.6 Å². The van der Waals surface area contributed by atoms with Crippen LogP contribution in [-0.2, 0) is 11.2 Å². The van der Waals surface area contributed by atoms with Gasteiger partial charge in [0.05, 0.1) is 6.04 Å². The molecule has 0 bridgehead atoms. The predicted octanol–water partition coefficient (Wildman–Crippen LogP) is 1.75. The molecule has 1 aromatic carbocycles. The molecule has 0 saturated carbocycles. The molecule has 0 aromatic heterocycles. The Morgan fingerprint density at radius 2 is 2.27 bits per heavy atom. The van der Waals surface area contributed by atoms with E-state index < -0.39 is 0 Å². The number of amides is 3. The van der Waals surface area contributed by atoms with Crippen molar-refractivity contribution >= 4 is 23.5 Å². The Morgan fingerprint density at radius 1 is 1.45 bits per heavy atom. The van der Waals surface area contributed by atoms with Gasteiger partial charge in [-0.15, -0.1) is 0 Å². The van der Waals surface area contributed by atoms with Crippen molar-refractivity contribution < 1.29 is 9.59 Å². The molecular formula is C16H20ClN3O2. The lowest BCUT2D eigenvalue weighted by Gasteiger charge is -2.37. The summed E-state index contributed by atoms with van der Waals surface area (Å²) < 4.78 is 0. The molecule has 1 N–H and O–H groups in total. The molecule has 3 rings (SSSR count). The van der Waals surface area contributed by atoms with Gasteiger partial charge in [0, 0.05) is 37.1 Å². The summed E-state index contributed by atoms with van der Waals surface area (Å²) in [5.74, 6) is 0.0639. The third kappa shape index (κ3) is 3.04. The Bertz CT molecular complexity index is 593. The number of rotatable bonds is 3. The number of urea groups is 1. The van der Waals surface area contributed by atoms with Crippen molar-refractivity contribution in [3.05, 3.63) is 34.9 Å². The highest BCUT2D eigenvalue weighted by Crippen LogP contribution is 2.19. The molecular weight excluding hydrogens is 302 g/mol. The first-order valence-corrected chi connectivity index (χ1v) is 8.00. The summed E-state index contributed by atoms with van der Waals surface area (Å²) in [6, 6.07) is 7.74. The highest BCUT2D eigenvalue weighted by Gasteiger charge is 2.37. The van der Waals surface area contributed by atoms with Crippen LogP contribution in [0.4, 0.5) is 4.79 Å². The van der Waals surface area contributed by atoms with Gasteiger partial charge in [0.25, 0.3) is 0 Å². The van der Waals surface area contributed by atoms with Crippen LogP contribution in [-0.4, -0.2) is 54.0 Å². The largest absolute Gasteiger partial charge is 0.339 e. The summed E-state index contributed by atoms with van der Waals surface area (Å²) in [5, 5.41) is 3.53. The van der Waals surface area contributed by atoms with Gasteiger partial charge in [-0.3, -0.25) is 4.79 Å². The number of halogens is 1. The van der Waals surface area contributed by atoms with Gasteiger partial charge in [0.1, 0.15) is 0 Å². The molecule has 0 spiro atoms. The number of carbonyl (C=O) groups excluding carboxylic acids is 2. The van der Waals surface area contributed by atoms with Gasteiger partial charge < -0.3 is 15.1 Å². The highest BCUT2D eigenvalue weighted by atomic mass is 35.5. The van der Waals surface area contributed by atoms with Gasteiger partial charge in [0.2, 0.25) is 5.91 Å². The number of hydrogen-bond acceptors (Lipinski definition) is 2. The van der Waals surface area contributed by atoms with Crippen LogP contribution < -0.4 is 5.32 Å². The summed E-state index contributed by atoms with van der Waals surface area (Å²) in [6.45, 7) is 4.44. The average Bonchev–Trinajstić information content (AvgIpc) is 2.87. The minimum Gasteiger partial charge on any atom is -0.339 e.